The number of esters is 1. The van der Waals surface area contributed by atoms with Gasteiger partial charge in [0.15, 0.2) is 0 Å². The van der Waals surface area contributed by atoms with E-state index in [1.807, 2.05) is 31.2 Å². The van der Waals surface area contributed by atoms with Crippen LogP contribution in [0.5, 0.6) is 11.5 Å². The summed E-state index contributed by atoms with van der Waals surface area (Å²) in [7, 11) is -2.57. The van der Waals surface area contributed by atoms with Crippen LogP contribution < -0.4 is 14.6 Å². The van der Waals surface area contributed by atoms with Gasteiger partial charge in [0, 0.05) is 0 Å². The Kier molecular flexibility index (Phi) is 6.00. The number of methoxy groups -OCH3 is 1. The Hall–Kier alpha value is -2.58. The summed E-state index contributed by atoms with van der Waals surface area (Å²) in [5.41, 5.74) is 0.946. The molecule has 0 heterocycles. The Balaban J connectivity index is 2.02. The highest BCUT2D eigenvalue weighted by atomic mass is 32.2. The number of rotatable bonds is 7. The molecule has 2 N–H and O–H groups in total. The minimum atomic E-state index is -3.94. The molecule has 134 valence electrons. The average Bonchev–Trinajstić information content (AvgIpc) is 2.58. The highest BCUT2D eigenvalue weighted by Crippen LogP contribution is 2.23. The van der Waals surface area contributed by atoms with Crippen LogP contribution >= 0.6 is 0 Å². The van der Waals surface area contributed by atoms with Crippen LogP contribution in [0.1, 0.15) is 15.9 Å². The number of hydrogen-bond acceptors (Lipinski definition) is 6. The number of para-hydroxylation sites is 1. The Morgan fingerprint density at radius 2 is 1.80 bits per heavy atom. The molecule has 0 saturated carbocycles. The molecule has 2 aromatic carbocycles. The Labute approximate surface area is 146 Å². The molecule has 2 aromatic rings. The third-order valence-corrected chi connectivity index (χ3v) is 4.30. The van der Waals surface area contributed by atoms with Gasteiger partial charge in [-0.05, 0) is 36.8 Å². The van der Waals surface area contributed by atoms with Gasteiger partial charge in [0.25, 0.3) is 0 Å². The van der Waals surface area contributed by atoms with Crippen molar-refractivity contribution in [3.05, 3.63) is 53.6 Å². The van der Waals surface area contributed by atoms with Gasteiger partial charge in [-0.2, -0.15) is 0 Å². The fraction of sp³-hybridized carbons (Fsp3) is 0.235. The van der Waals surface area contributed by atoms with Crippen LogP contribution in [-0.2, 0) is 14.8 Å². The lowest BCUT2D eigenvalue weighted by Crippen LogP contribution is -2.16. The van der Waals surface area contributed by atoms with Crippen LogP contribution in [0.4, 0.5) is 0 Å². The molecule has 0 aliphatic rings. The van der Waals surface area contributed by atoms with Gasteiger partial charge >= 0.3 is 5.97 Å². The monoisotopic (exact) mass is 365 g/mol. The summed E-state index contributed by atoms with van der Waals surface area (Å²) in [5, 5.41) is 5.08. The van der Waals surface area contributed by atoms with E-state index in [-0.39, 0.29) is 29.4 Å². The average molecular weight is 365 g/mol. The smallest absolute Gasteiger partial charge is 0.342 e. The number of ether oxygens (including phenoxy) is 3. The van der Waals surface area contributed by atoms with Gasteiger partial charge in [0.1, 0.15) is 30.3 Å². The van der Waals surface area contributed by atoms with Crippen molar-refractivity contribution in [2.45, 2.75) is 11.8 Å². The van der Waals surface area contributed by atoms with E-state index in [0.29, 0.717) is 5.75 Å². The third kappa shape index (κ3) is 4.94. The van der Waals surface area contributed by atoms with Crippen molar-refractivity contribution in [2.75, 3.05) is 20.3 Å². The summed E-state index contributed by atoms with van der Waals surface area (Å²) in [6.07, 6.45) is 0. The molecule has 0 atom stereocenters. The summed E-state index contributed by atoms with van der Waals surface area (Å²) in [6, 6.07) is 11.2. The minimum Gasteiger partial charge on any atom is -0.496 e. The Bertz CT molecular complexity index is 863. The Morgan fingerprint density at radius 1 is 1.08 bits per heavy atom. The van der Waals surface area contributed by atoms with Gasteiger partial charge in [-0.1, -0.05) is 18.2 Å². The summed E-state index contributed by atoms with van der Waals surface area (Å²) >= 11 is 0. The van der Waals surface area contributed by atoms with Crippen molar-refractivity contribution in [2.24, 2.45) is 5.14 Å². The first-order chi connectivity index (χ1) is 11.8. The van der Waals surface area contributed by atoms with E-state index >= 15 is 0 Å². The normalized spacial score (nSPS) is 11.0. The highest BCUT2D eigenvalue weighted by Gasteiger charge is 2.18. The van der Waals surface area contributed by atoms with E-state index in [9.17, 15) is 13.2 Å². The van der Waals surface area contributed by atoms with Crippen molar-refractivity contribution in [3.63, 3.8) is 0 Å². The molecule has 7 nitrogen and oxygen atoms in total. The molecule has 0 bridgehead atoms. The predicted octanol–water partition coefficient (Wildman–Crippen LogP) is 1.89. The van der Waals surface area contributed by atoms with Crippen LogP contribution in [0.2, 0.25) is 0 Å². The molecule has 0 aliphatic heterocycles. The maximum Gasteiger partial charge on any atom is 0.342 e. The second kappa shape index (κ2) is 8.00. The second-order valence-corrected chi connectivity index (χ2v) is 6.72. The van der Waals surface area contributed by atoms with Crippen LogP contribution in [0.15, 0.2) is 47.4 Å². The molecule has 0 aliphatic carbocycles. The van der Waals surface area contributed by atoms with E-state index in [0.717, 1.165) is 11.6 Å². The van der Waals surface area contributed by atoms with E-state index < -0.39 is 16.0 Å². The Morgan fingerprint density at radius 3 is 2.44 bits per heavy atom. The summed E-state index contributed by atoms with van der Waals surface area (Å²) in [4.78, 5) is 12.0. The fourth-order valence-electron chi connectivity index (χ4n) is 2.11. The van der Waals surface area contributed by atoms with Gasteiger partial charge in [-0.3, -0.25) is 0 Å². The van der Waals surface area contributed by atoms with Gasteiger partial charge < -0.3 is 14.2 Å². The molecule has 0 spiro atoms. The number of carbonyl (C=O) groups is 1. The third-order valence-electron chi connectivity index (χ3n) is 3.39. The molecule has 0 unspecified atom stereocenters. The second-order valence-electron chi connectivity index (χ2n) is 5.16. The molecule has 0 fully saturated rings. The van der Waals surface area contributed by atoms with Crippen LogP contribution in [0.25, 0.3) is 0 Å². The van der Waals surface area contributed by atoms with Crippen molar-refractivity contribution >= 4 is 16.0 Å². The van der Waals surface area contributed by atoms with E-state index in [4.69, 9.17) is 19.3 Å². The van der Waals surface area contributed by atoms with Gasteiger partial charge in [0.2, 0.25) is 10.0 Å². The molecule has 25 heavy (non-hydrogen) atoms. The largest absolute Gasteiger partial charge is 0.496 e. The zero-order valence-corrected chi connectivity index (χ0v) is 14.7. The van der Waals surface area contributed by atoms with Crippen molar-refractivity contribution in [1.29, 1.82) is 0 Å². The molecular formula is C17H19NO6S. The molecule has 0 radical (unpaired) electrons. The summed E-state index contributed by atoms with van der Waals surface area (Å²) < 4.78 is 38.6. The molecule has 0 aromatic heterocycles. The first-order valence-corrected chi connectivity index (χ1v) is 8.94. The molecule has 0 amide bonds. The number of benzene rings is 2. The molecular weight excluding hydrogens is 346 g/mol. The molecule has 0 saturated heterocycles. The maximum absolute atomic E-state index is 12.2. The maximum atomic E-state index is 12.2. The lowest BCUT2D eigenvalue weighted by atomic mass is 10.2. The number of hydrogen-bond donors (Lipinski definition) is 1. The molecule has 8 heteroatoms. The summed E-state index contributed by atoms with van der Waals surface area (Å²) in [6.45, 7) is 2.06. The fourth-order valence-corrected chi connectivity index (χ4v) is 2.65. The zero-order chi connectivity index (χ0) is 18.4. The van der Waals surface area contributed by atoms with Gasteiger partial charge in [-0.15, -0.1) is 0 Å². The number of carbonyl (C=O) groups excluding carboxylic acids is 1. The van der Waals surface area contributed by atoms with Crippen molar-refractivity contribution in [1.82, 2.24) is 0 Å². The number of aryl methyl sites for hydroxylation is 1. The highest BCUT2D eigenvalue weighted by molar-refractivity contribution is 7.89. The van der Waals surface area contributed by atoms with E-state index in [1.54, 1.807) is 0 Å². The topological polar surface area (TPSA) is 105 Å². The first kappa shape index (κ1) is 18.8. The first-order valence-electron chi connectivity index (χ1n) is 7.39. The minimum absolute atomic E-state index is 0.00404. The number of primary sulfonamides is 1. The van der Waals surface area contributed by atoms with Crippen LogP contribution in [0.3, 0.4) is 0 Å². The predicted molar refractivity (Wildman–Crippen MR) is 91.3 cm³/mol. The lowest BCUT2D eigenvalue weighted by Gasteiger charge is -2.11. The number of sulfonamides is 1. The number of nitrogens with two attached hydrogens (primary N) is 1. The SMILES string of the molecule is COc1ccc(S(N)(=O)=O)cc1C(=O)OCCOc1ccccc1C. The van der Waals surface area contributed by atoms with Crippen LogP contribution in [0, 0.1) is 6.92 Å². The van der Waals surface area contributed by atoms with Crippen molar-refractivity contribution < 1.29 is 27.4 Å². The lowest BCUT2D eigenvalue weighted by molar-refractivity contribution is 0.0446. The summed E-state index contributed by atoms with van der Waals surface area (Å²) in [5.74, 6) is 0.167. The quantitative estimate of drug-likeness (QED) is 0.593. The van der Waals surface area contributed by atoms with E-state index in [1.165, 1.54) is 19.2 Å². The van der Waals surface area contributed by atoms with Gasteiger partial charge in [-0.25, -0.2) is 18.4 Å². The standard InChI is InChI=1S/C17H19NO6S/c1-12-5-3-4-6-15(12)23-9-10-24-17(19)14-11-13(25(18,20)21)7-8-16(14)22-2/h3-8,11H,9-10H2,1-2H3,(H2,18,20,21). The zero-order valence-electron chi connectivity index (χ0n) is 13.9. The van der Waals surface area contributed by atoms with E-state index in [2.05, 4.69) is 0 Å². The van der Waals surface area contributed by atoms with Crippen LogP contribution in [-0.4, -0.2) is 34.7 Å². The van der Waals surface area contributed by atoms with Gasteiger partial charge in [0.05, 0.1) is 12.0 Å². The molecule has 2 rings (SSSR count). The van der Waals surface area contributed by atoms with Crippen molar-refractivity contribution in [3.8, 4) is 11.5 Å².